The molecule has 1 aliphatic heterocycles. The Bertz CT molecular complexity index is 1050. The first kappa shape index (κ1) is 22.9. The van der Waals surface area contributed by atoms with Crippen LogP contribution < -0.4 is 9.64 Å². The Morgan fingerprint density at radius 1 is 0.939 bits per heavy atom. The van der Waals surface area contributed by atoms with Crippen LogP contribution in [0.15, 0.2) is 78.9 Å². The number of hydrogen-bond donors (Lipinski definition) is 1. The molecule has 4 rings (SSSR count). The number of nitrogens with zero attached hydrogens (tertiary/aromatic N) is 1. The van der Waals surface area contributed by atoms with Crippen LogP contribution in [-0.2, 0) is 16.0 Å². The van der Waals surface area contributed by atoms with Gasteiger partial charge in [-0.2, -0.15) is 0 Å². The molecule has 0 bridgehead atoms. The number of hydrogen-bond acceptors (Lipinski definition) is 4. The highest BCUT2D eigenvalue weighted by Crippen LogP contribution is 2.37. The monoisotopic (exact) mass is 461 g/mol. The van der Waals surface area contributed by atoms with Crippen LogP contribution in [-0.4, -0.2) is 35.9 Å². The van der Waals surface area contributed by atoms with Crippen LogP contribution >= 0.6 is 11.8 Å². The van der Waals surface area contributed by atoms with Gasteiger partial charge in [-0.1, -0.05) is 66.7 Å². The maximum Gasteiger partial charge on any atom is 0.341 e. The van der Waals surface area contributed by atoms with Crippen molar-refractivity contribution in [3.05, 3.63) is 95.6 Å². The minimum absolute atomic E-state index is 0.0979. The molecule has 1 amide bonds. The van der Waals surface area contributed by atoms with Crippen molar-refractivity contribution < 1.29 is 19.4 Å². The van der Waals surface area contributed by atoms with Crippen molar-refractivity contribution >= 4 is 29.3 Å². The zero-order valence-corrected chi connectivity index (χ0v) is 19.2. The number of thioether (sulfide) groups is 1. The molecule has 0 aromatic heterocycles. The van der Waals surface area contributed by atoms with E-state index in [0.717, 1.165) is 23.4 Å². The highest BCUT2D eigenvalue weighted by Gasteiger charge is 2.25. The van der Waals surface area contributed by atoms with E-state index < -0.39 is 12.6 Å². The largest absolute Gasteiger partial charge is 0.482 e. The summed E-state index contributed by atoms with van der Waals surface area (Å²) in [5.74, 6) is 0.396. The van der Waals surface area contributed by atoms with E-state index in [1.165, 1.54) is 11.1 Å². The fourth-order valence-electron chi connectivity index (χ4n) is 4.17. The number of carboxylic acids is 1. The van der Waals surface area contributed by atoms with Crippen molar-refractivity contribution in [2.75, 3.05) is 23.8 Å². The maximum atomic E-state index is 13.0. The zero-order chi connectivity index (χ0) is 23.0. The molecule has 0 radical (unpaired) electrons. The van der Waals surface area contributed by atoms with Crippen LogP contribution in [0.5, 0.6) is 5.75 Å². The zero-order valence-electron chi connectivity index (χ0n) is 18.4. The Morgan fingerprint density at radius 2 is 1.61 bits per heavy atom. The molecule has 0 saturated carbocycles. The SMILES string of the molecule is O=C(O)COc1cccc2c1CCCC(=O)N2CCSC(c1ccccc1)c1ccccc1. The van der Waals surface area contributed by atoms with E-state index in [1.807, 2.05) is 40.9 Å². The van der Waals surface area contributed by atoms with Crippen LogP contribution in [0, 0.1) is 0 Å². The molecule has 3 aromatic carbocycles. The fourth-order valence-corrected chi connectivity index (χ4v) is 5.39. The van der Waals surface area contributed by atoms with E-state index in [4.69, 9.17) is 9.84 Å². The summed E-state index contributed by atoms with van der Waals surface area (Å²) in [4.78, 5) is 25.8. The number of fused-ring (bicyclic) bond motifs is 1. The molecule has 3 aromatic rings. The van der Waals surface area contributed by atoms with Crippen LogP contribution in [0.1, 0.15) is 34.8 Å². The number of ether oxygens (including phenoxy) is 1. The van der Waals surface area contributed by atoms with Gasteiger partial charge in [-0.15, -0.1) is 11.8 Å². The Morgan fingerprint density at radius 3 is 2.24 bits per heavy atom. The van der Waals surface area contributed by atoms with Gasteiger partial charge in [0.05, 0.1) is 10.9 Å². The molecule has 1 aliphatic rings. The highest BCUT2D eigenvalue weighted by molar-refractivity contribution is 7.99. The number of carboxylic acid groups (broad SMARTS) is 1. The van der Waals surface area contributed by atoms with Gasteiger partial charge in [-0.05, 0) is 36.1 Å². The lowest BCUT2D eigenvalue weighted by molar-refractivity contribution is -0.139. The molecular formula is C27H27NO4S. The van der Waals surface area contributed by atoms with Gasteiger partial charge < -0.3 is 14.7 Å². The summed E-state index contributed by atoms with van der Waals surface area (Å²) >= 11 is 1.82. The fraction of sp³-hybridized carbons (Fsp3) is 0.259. The van der Waals surface area contributed by atoms with E-state index in [-0.39, 0.29) is 11.2 Å². The van der Waals surface area contributed by atoms with Crippen molar-refractivity contribution in [3.63, 3.8) is 0 Å². The number of anilines is 1. The van der Waals surface area contributed by atoms with Gasteiger partial charge in [-0.25, -0.2) is 4.79 Å². The third-order valence-electron chi connectivity index (χ3n) is 5.67. The van der Waals surface area contributed by atoms with Gasteiger partial charge in [0.25, 0.3) is 0 Å². The number of benzene rings is 3. The topological polar surface area (TPSA) is 66.8 Å². The average Bonchev–Trinajstić information content (AvgIpc) is 3.00. The number of carbonyl (C=O) groups is 2. The van der Waals surface area contributed by atoms with Crippen LogP contribution in [0.4, 0.5) is 5.69 Å². The summed E-state index contributed by atoms with van der Waals surface area (Å²) in [7, 11) is 0. The highest BCUT2D eigenvalue weighted by atomic mass is 32.2. The smallest absolute Gasteiger partial charge is 0.341 e. The molecule has 0 saturated heterocycles. The summed E-state index contributed by atoms with van der Waals surface area (Å²) in [6, 6.07) is 26.4. The molecule has 1 heterocycles. The number of rotatable bonds is 9. The number of aliphatic carboxylic acids is 1. The normalized spacial score (nSPS) is 13.5. The van der Waals surface area contributed by atoms with Gasteiger partial charge >= 0.3 is 5.97 Å². The van der Waals surface area contributed by atoms with E-state index in [9.17, 15) is 9.59 Å². The minimum Gasteiger partial charge on any atom is -0.482 e. The Hall–Kier alpha value is -3.25. The van der Waals surface area contributed by atoms with E-state index in [1.54, 1.807) is 6.07 Å². The summed E-state index contributed by atoms with van der Waals surface area (Å²) in [6.45, 7) is 0.186. The van der Waals surface area contributed by atoms with Crippen molar-refractivity contribution in [2.24, 2.45) is 0 Å². The number of amides is 1. The molecule has 0 spiro atoms. The molecule has 33 heavy (non-hydrogen) atoms. The lowest BCUT2D eigenvalue weighted by atomic mass is 10.0. The molecule has 0 fully saturated rings. The van der Waals surface area contributed by atoms with Crippen molar-refractivity contribution in [3.8, 4) is 5.75 Å². The molecule has 0 unspecified atom stereocenters. The standard InChI is InChI=1S/C27H27NO4S/c29-25-16-7-13-22-23(14-8-15-24(22)32-19-26(30)31)28(25)17-18-33-27(20-9-3-1-4-10-20)21-11-5-2-6-12-21/h1-6,8-12,14-15,27H,7,13,16-19H2,(H,30,31). The van der Waals surface area contributed by atoms with Crippen LogP contribution in [0.3, 0.4) is 0 Å². The average molecular weight is 462 g/mol. The van der Waals surface area contributed by atoms with E-state index in [2.05, 4.69) is 48.5 Å². The quantitative estimate of drug-likeness (QED) is 0.466. The third-order valence-corrected chi connectivity index (χ3v) is 6.97. The summed E-state index contributed by atoms with van der Waals surface area (Å²) in [5, 5.41) is 9.17. The van der Waals surface area contributed by atoms with Crippen LogP contribution in [0.2, 0.25) is 0 Å². The van der Waals surface area contributed by atoms with Gasteiger partial charge in [-0.3, -0.25) is 4.79 Å². The summed E-state index contributed by atoms with van der Waals surface area (Å²) < 4.78 is 5.52. The first-order valence-corrected chi connectivity index (χ1v) is 12.2. The molecule has 1 N–H and O–H groups in total. The third kappa shape index (κ3) is 5.76. The van der Waals surface area contributed by atoms with E-state index >= 15 is 0 Å². The first-order valence-electron chi connectivity index (χ1n) is 11.1. The van der Waals surface area contributed by atoms with Crippen LogP contribution in [0.25, 0.3) is 0 Å². The Balaban J connectivity index is 1.53. The molecule has 5 nitrogen and oxygen atoms in total. The first-order chi connectivity index (χ1) is 16.1. The van der Waals surface area contributed by atoms with E-state index in [0.29, 0.717) is 25.1 Å². The molecule has 6 heteroatoms. The molecule has 0 atom stereocenters. The number of carbonyl (C=O) groups excluding carboxylic acids is 1. The minimum atomic E-state index is -1.02. The second-order valence-electron chi connectivity index (χ2n) is 7.91. The summed E-state index contributed by atoms with van der Waals surface area (Å²) in [6.07, 6.45) is 1.88. The van der Waals surface area contributed by atoms with Gasteiger partial charge in [0, 0.05) is 24.3 Å². The molecule has 170 valence electrons. The van der Waals surface area contributed by atoms with Crippen molar-refractivity contribution in [1.29, 1.82) is 0 Å². The van der Waals surface area contributed by atoms with Crippen molar-refractivity contribution in [1.82, 2.24) is 0 Å². The molecular weight excluding hydrogens is 434 g/mol. The lowest BCUT2D eigenvalue weighted by Crippen LogP contribution is -2.32. The predicted molar refractivity (Wildman–Crippen MR) is 132 cm³/mol. The predicted octanol–water partition coefficient (Wildman–Crippen LogP) is 5.34. The van der Waals surface area contributed by atoms with Gasteiger partial charge in [0.1, 0.15) is 5.75 Å². The van der Waals surface area contributed by atoms with Gasteiger partial charge in [0.2, 0.25) is 5.91 Å². The summed E-state index contributed by atoms with van der Waals surface area (Å²) in [5.41, 5.74) is 4.22. The van der Waals surface area contributed by atoms with Crippen molar-refractivity contribution in [2.45, 2.75) is 24.5 Å². The lowest BCUT2D eigenvalue weighted by Gasteiger charge is -2.25. The maximum absolute atomic E-state index is 13.0. The Kier molecular flexibility index (Phi) is 7.68. The molecule has 0 aliphatic carbocycles. The second kappa shape index (κ2) is 11.1. The van der Waals surface area contributed by atoms with Gasteiger partial charge in [0.15, 0.2) is 6.61 Å². The Labute approximate surface area is 198 Å². The second-order valence-corrected chi connectivity index (χ2v) is 9.12.